The molecule has 1 aliphatic rings. The number of fused-ring (bicyclic) bond motifs is 1. The molecule has 1 atom stereocenters. The highest BCUT2D eigenvalue weighted by Crippen LogP contribution is 2.38. The summed E-state index contributed by atoms with van der Waals surface area (Å²) in [5.41, 5.74) is 8.92. The lowest BCUT2D eigenvalue weighted by atomic mass is 9.78. The van der Waals surface area contributed by atoms with E-state index in [4.69, 9.17) is 10.7 Å². The maximum absolute atomic E-state index is 12.4. The molecule has 6 nitrogen and oxygen atoms in total. The van der Waals surface area contributed by atoms with Crippen LogP contribution in [0.5, 0.6) is 0 Å². The molecule has 4 rings (SSSR count). The summed E-state index contributed by atoms with van der Waals surface area (Å²) in [5.74, 6) is -0.0718. The Morgan fingerprint density at radius 2 is 2.14 bits per heavy atom. The lowest BCUT2D eigenvalue weighted by molar-refractivity contribution is 0.0833. The van der Waals surface area contributed by atoms with E-state index < -0.39 is 0 Å². The third kappa shape index (κ3) is 3.84. The van der Waals surface area contributed by atoms with Crippen LogP contribution in [0.3, 0.4) is 0 Å². The molecule has 152 valence electrons. The highest BCUT2D eigenvalue weighted by Gasteiger charge is 2.34. The Hall–Kier alpha value is -2.51. The summed E-state index contributed by atoms with van der Waals surface area (Å²) in [5, 5.41) is 0.869. The van der Waals surface area contributed by atoms with Crippen LogP contribution in [0.1, 0.15) is 40.8 Å². The first-order valence-electron chi connectivity index (χ1n) is 9.91. The fraction of sp³-hybridized carbons (Fsp3) is 0.409. The molecule has 0 radical (unpaired) electrons. The van der Waals surface area contributed by atoms with Crippen LogP contribution in [0.15, 0.2) is 36.5 Å². The van der Waals surface area contributed by atoms with E-state index >= 15 is 0 Å². The predicted molar refractivity (Wildman–Crippen MR) is 118 cm³/mol. The lowest BCUT2D eigenvalue weighted by Gasteiger charge is -2.40. The number of carbonyl (C=O) groups is 1. The number of rotatable bonds is 4. The van der Waals surface area contributed by atoms with E-state index in [-0.39, 0.29) is 11.3 Å². The summed E-state index contributed by atoms with van der Waals surface area (Å²) in [6.07, 6.45) is 4.07. The van der Waals surface area contributed by atoms with E-state index in [0.717, 1.165) is 54.1 Å². The van der Waals surface area contributed by atoms with Crippen molar-refractivity contribution < 1.29 is 4.79 Å². The van der Waals surface area contributed by atoms with Gasteiger partial charge >= 0.3 is 0 Å². The molecule has 29 heavy (non-hydrogen) atoms. The monoisotopic (exact) mass is 409 g/mol. The van der Waals surface area contributed by atoms with Crippen LogP contribution in [-0.2, 0) is 12.0 Å². The number of nitrogens with zero attached hydrogens (tertiary/aromatic N) is 4. The van der Waals surface area contributed by atoms with E-state index in [1.807, 2.05) is 24.4 Å². The Labute approximate surface area is 175 Å². The van der Waals surface area contributed by atoms with Crippen LogP contribution in [0.25, 0.3) is 10.2 Å². The van der Waals surface area contributed by atoms with E-state index in [9.17, 15) is 4.79 Å². The van der Waals surface area contributed by atoms with E-state index in [1.54, 1.807) is 19.0 Å². The maximum Gasteiger partial charge on any atom is 0.265 e. The SMILES string of the molecule is CN(C)C(=O)c1sc2nc(C3(C)CCCN(Cc4ccccn4)C3)ccc2c1N. The van der Waals surface area contributed by atoms with Crippen LogP contribution >= 0.6 is 11.3 Å². The Morgan fingerprint density at radius 3 is 2.86 bits per heavy atom. The minimum Gasteiger partial charge on any atom is -0.397 e. The number of aromatic nitrogens is 2. The van der Waals surface area contributed by atoms with E-state index in [1.165, 1.54) is 11.3 Å². The number of pyridine rings is 2. The van der Waals surface area contributed by atoms with Gasteiger partial charge in [-0.2, -0.15) is 0 Å². The van der Waals surface area contributed by atoms with Gasteiger partial charge in [-0.15, -0.1) is 11.3 Å². The van der Waals surface area contributed by atoms with Crippen molar-refractivity contribution in [2.24, 2.45) is 0 Å². The maximum atomic E-state index is 12.4. The summed E-state index contributed by atoms with van der Waals surface area (Å²) in [6.45, 7) is 5.15. The number of likely N-dealkylation sites (tertiary alicyclic amines) is 1. The molecule has 1 unspecified atom stereocenters. The zero-order valence-electron chi connectivity index (χ0n) is 17.2. The van der Waals surface area contributed by atoms with Crippen molar-refractivity contribution in [3.05, 3.63) is 52.8 Å². The fourth-order valence-corrected chi connectivity index (χ4v) is 5.22. The predicted octanol–water partition coefficient (Wildman–Crippen LogP) is 3.53. The van der Waals surface area contributed by atoms with Crippen LogP contribution in [0.2, 0.25) is 0 Å². The smallest absolute Gasteiger partial charge is 0.265 e. The van der Waals surface area contributed by atoms with Gasteiger partial charge in [-0.1, -0.05) is 13.0 Å². The van der Waals surface area contributed by atoms with Crippen molar-refractivity contribution in [2.45, 2.75) is 31.7 Å². The van der Waals surface area contributed by atoms with Gasteiger partial charge in [0.25, 0.3) is 5.91 Å². The van der Waals surface area contributed by atoms with Crippen LogP contribution in [-0.4, -0.2) is 52.9 Å². The van der Waals surface area contributed by atoms with Gasteiger partial charge in [0.2, 0.25) is 0 Å². The summed E-state index contributed by atoms with van der Waals surface area (Å²) >= 11 is 1.39. The third-order valence-corrected chi connectivity index (χ3v) is 6.80. The fourth-order valence-electron chi connectivity index (χ4n) is 4.10. The molecule has 0 saturated carbocycles. The van der Waals surface area contributed by atoms with Crippen LogP contribution < -0.4 is 5.73 Å². The molecule has 2 N–H and O–H groups in total. The van der Waals surface area contributed by atoms with Gasteiger partial charge in [0.15, 0.2) is 0 Å². The summed E-state index contributed by atoms with van der Waals surface area (Å²) in [4.78, 5) is 27.3. The Kier molecular flexibility index (Phi) is 5.27. The highest BCUT2D eigenvalue weighted by atomic mass is 32.1. The normalized spacial score (nSPS) is 20.1. The topological polar surface area (TPSA) is 75.4 Å². The average molecular weight is 410 g/mol. The summed E-state index contributed by atoms with van der Waals surface area (Å²) < 4.78 is 0. The molecule has 1 saturated heterocycles. The van der Waals surface area contributed by atoms with Gasteiger partial charge in [0.1, 0.15) is 9.71 Å². The third-order valence-electron chi connectivity index (χ3n) is 5.70. The number of anilines is 1. The van der Waals surface area contributed by atoms with Crippen molar-refractivity contribution in [1.29, 1.82) is 0 Å². The summed E-state index contributed by atoms with van der Waals surface area (Å²) in [6, 6.07) is 10.2. The first-order chi connectivity index (χ1) is 13.9. The van der Waals surface area contributed by atoms with Crippen molar-refractivity contribution >= 4 is 33.1 Å². The number of hydrogen-bond donors (Lipinski definition) is 1. The molecule has 0 aliphatic carbocycles. The molecule has 1 fully saturated rings. The first kappa shape index (κ1) is 19.8. The number of hydrogen-bond acceptors (Lipinski definition) is 6. The molecule has 4 heterocycles. The molecule has 7 heteroatoms. The molecule has 0 aromatic carbocycles. The van der Waals surface area contributed by atoms with Gasteiger partial charge in [0, 0.05) is 49.9 Å². The van der Waals surface area contributed by atoms with Gasteiger partial charge in [-0.05, 0) is 43.7 Å². The Bertz CT molecular complexity index is 1030. The first-order valence-corrected chi connectivity index (χ1v) is 10.7. The standard InChI is InChI=1S/C22H27N5OS/c1-22(10-6-12-27(14-22)13-15-7-4-5-11-24-15)17-9-8-16-18(23)19(21(28)26(2)3)29-20(16)25-17/h4-5,7-9,11H,6,10,12-14,23H2,1-3H3. The molecular weight excluding hydrogens is 382 g/mol. The molecule has 3 aromatic rings. The highest BCUT2D eigenvalue weighted by molar-refractivity contribution is 7.21. The number of nitrogen functional groups attached to an aromatic ring is 1. The minimum atomic E-state index is -0.0718. The average Bonchev–Trinajstić information content (AvgIpc) is 3.04. The largest absolute Gasteiger partial charge is 0.397 e. The van der Waals surface area contributed by atoms with Crippen molar-refractivity contribution in [1.82, 2.24) is 19.8 Å². The second-order valence-corrected chi connectivity index (χ2v) is 9.29. The van der Waals surface area contributed by atoms with Crippen LogP contribution in [0.4, 0.5) is 5.69 Å². The van der Waals surface area contributed by atoms with Gasteiger partial charge < -0.3 is 10.6 Å². The number of piperidine rings is 1. The lowest BCUT2D eigenvalue weighted by Crippen LogP contribution is -2.44. The van der Waals surface area contributed by atoms with Gasteiger partial charge in [-0.25, -0.2) is 4.98 Å². The second-order valence-electron chi connectivity index (χ2n) is 8.29. The van der Waals surface area contributed by atoms with Crippen molar-refractivity contribution in [3.8, 4) is 0 Å². The van der Waals surface area contributed by atoms with E-state index in [0.29, 0.717) is 10.6 Å². The number of nitrogens with two attached hydrogens (primary N) is 1. The number of thiophene rings is 1. The van der Waals surface area contributed by atoms with Crippen LogP contribution in [0, 0.1) is 0 Å². The Morgan fingerprint density at radius 1 is 1.31 bits per heavy atom. The van der Waals surface area contributed by atoms with Gasteiger partial charge in [0.05, 0.1) is 11.4 Å². The molecule has 1 aliphatic heterocycles. The minimum absolute atomic E-state index is 0.0360. The molecule has 3 aromatic heterocycles. The van der Waals surface area contributed by atoms with Gasteiger partial charge in [-0.3, -0.25) is 14.7 Å². The number of amides is 1. The molecule has 0 spiro atoms. The summed E-state index contributed by atoms with van der Waals surface area (Å²) in [7, 11) is 3.48. The van der Waals surface area contributed by atoms with E-state index in [2.05, 4.69) is 28.9 Å². The zero-order chi connectivity index (χ0) is 20.6. The quantitative estimate of drug-likeness (QED) is 0.713. The molecular formula is C22H27N5OS. The molecule has 1 amide bonds. The second kappa shape index (κ2) is 7.72. The van der Waals surface area contributed by atoms with Crippen molar-refractivity contribution in [3.63, 3.8) is 0 Å². The Balaban J connectivity index is 1.61. The number of carbonyl (C=O) groups excluding carboxylic acids is 1. The van der Waals surface area contributed by atoms with Crippen molar-refractivity contribution in [2.75, 3.05) is 32.9 Å². The zero-order valence-corrected chi connectivity index (χ0v) is 18.0. The molecule has 0 bridgehead atoms.